The van der Waals surface area contributed by atoms with Crippen molar-refractivity contribution in [1.29, 1.82) is 0 Å². The number of hydrogen-bond acceptors (Lipinski definition) is 3. The lowest BCUT2D eigenvalue weighted by atomic mass is 10.2. The molecule has 4 nitrogen and oxygen atoms in total. The number of para-hydroxylation sites is 1. The van der Waals surface area contributed by atoms with Crippen molar-refractivity contribution in [3.05, 3.63) is 34.6 Å². The van der Waals surface area contributed by atoms with E-state index in [1.807, 2.05) is 24.3 Å². The molecule has 96 valence electrons. The molecule has 2 N–H and O–H groups in total. The number of fused-ring (bicyclic) bond motifs is 3. The fourth-order valence-electron chi connectivity index (χ4n) is 2.15. The highest BCUT2D eigenvalue weighted by molar-refractivity contribution is 9.09. The summed E-state index contributed by atoms with van der Waals surface area (Å²) in [5, 5.41) is 2.37. The normalized spacial score (nSPS) is 17.5. The van der Waals surface area contributed by atoms with E-state index in [9.17, 15) is 4.79 Å². The van der Waals surface area contributed by atoms with Crippen molar-refractivity contribution in [1.82, 2.24) is 4.68 Å². The molecule has 18 heavy (non-hydrogen) atoms. The molecule has 3 rings (SSSR count). The van der Waals surface area contributed by atoms with Crippen LogP contribution in [0.3, 0.4) is 0 Å². The van der Waals surface area contributed by atoms with Crippen molar-refractivity contribution < 1.29 is 21.5 Å². The summed E-state index contributed by atoms with van der Waals surface area (Å²) in [5.41, 5.74) is 0.832. The fraction of sp³-hybridized carbons (Fsp3) is 0.273. The molecular formula is C11H11Br2N3OS. The van der Waals surface area contributed by atoms with Gasteiger partial charge < -0.3 is 17.0 Å². The molecule has 0 aliphatic carbocycles. The van der Waals surface area contributed by atoms with Crippen LogP contribution in [0, 0.1) is 0 Å². The maximum absolute atomic E-state index is 12.1. The van der Waals surface area contributed by atoms with Crippen LogP contribution in [0.5, 0.6) is 0 Å². The Hall–Kier alpha value is -0.530. The largest absolute Gasteiger partial charge is 1.00 e. The molecule has 0 saturated heterocycles. The van der Waals surface area contributed by atoms with Gasteiger partial charge in [-0.1, -0.05) is 32.7 Å². The lowest BCUT2D eigenvalue weighted by Gasteiger charge is -2.08. The van der Waals surface area contributed by atoms with E-state index in [4.69, 9.17) is 5.84 Å². The van der Waals surface area contributed by atoms with Gasteiger partial charge in [0.2, 0.25) is 0 Å². The zero-order valence-electron chi connectivity index (χ0n) is 9.35. The first-order chi connectivity index (χ1) is 8.24. The number of aromatic nitrogens is 2. The molecule has 1 aliphatic rings. The highest BCUT2D eigenvalue weighted by Crippen LogP contribution is 2.27. The topological polar surface area (TPSA) is 51.9 Å². The second-order valence-corrected chi connectivity index (χ2v) is 5.60. The molecule has 2 heterocycles. The molecule has 0 spiro atoms. The number of hydrogen-bond donors (Lipinski definition) is 1. The Kier molecular flexibility index (Phi) is 4.03. The van der Waals surface area contributed by atoms with Gasteiger partial charge in [0, 0.05) is 11.1 Å². The number of nitrogen functional groups attached to an aromatic ring is 1. The van der Waals surface area contributed by atoms with Crippen molar-refractivity contribution in [2.24, 2.45) is 0 Å². The summed E-state index contributed by atoms with van der Waals surface area (Å²) in [7, 11) is 0. The summed E-state index contributed by atoms with van der Waals surface area (Å²) in [6.07, 6.45) is 0. The van der Waals surface area contributed by atoms with E-state index in [1.54, 1.807) is 11.8 Å². The van der Waals surface area contributed by atoms with E-state index in [0.717, 1.165) is 21.8 Å². The monoisotopic (exact) mass is 391 g/mol. The Morgan fingerprint density at radius 2 is 2.22 bits per heavy atom. The predicted octanol–water partition coefficient (Wildman–Crippen LogP) is -1.95. The summed E-state index contributed by atoms with van der Waals surface area (Å²) in [6.45, 7) is 0. The molecule has 0 radical (unpaired) electrons. The molecule has 1 atom stereocenters. The average molecular weight is 393 g/mol. The maximum Gasteiger partial charge on any atom is 0.368 e. The number of halogens is 2. The second kappa shape index (κ2) is 5.22. The van der Waals surface area contributed by atoms with Crippen LogP contribution >= 0.6 is 27.7 Å². The lowest BCUT2D eigenvalue weighted by Crippen LogP contribution is -3.00. The molecule has 0 bridgehead atoms. The van der Waals surface area contributed by atoms with E-state index in [2.05, 4.69) is 20.5 Å². The maximum atomic E-state index is 12.1. The number of thioether (sulfide) groups is 1. The van der Waals surface area contributed by atoms with Gasteiger partial charge in [-0.25, -0.2) is 9.36 Å². The summed E-state index contributed by atoms with van der Waals surface area (Å²) < 4.78 is 3.41. The van der Waals surface area contributed by atoms with E-state index in [-0.39, 0.29) is 22.5 Å². The van der Waals surface area contributed by atoms with Crippen LogP contribution in [0.25, 0.3) is 10.9 Å². The Bertz CT molecular complexity index is 659. The van der Waals surface area contributed by atoms with Gasteiger partial charge in [0.15, 0.2) is 0 Å². The summed E-state index contributed by atoms with van der Waals surface area (Å²) in [5.74, 6) is 6.80. The van der Waals surface area contributed by atoms with E-state index in [0.29, 0.717) is 11.4 Å². The van der Waals surface area contributed by atoms with E-state index >= 15 is 0 Å². The molecule has 0 saturated carbocycles. The molecule has 0 fully saturated rings. The van der Waals surface area contributed by atoms with Crippen molar-refractivity contribution in [2.45, 2.75) is 11.2 Å². The van der Waals surface area contributed by atoms with Gasteiger partial charge in [0.25, 0.3) is 0 Å². The Morgan fingerprint density at radius 3 is 2.94 bits per heavy atom. The first-order valence-corrected chi connectivity index (χ1v) is 7.38. The van der Waals surface area contributed by atoms with Crippen LogP contribution in [-0.2, 0) is 0 Å². The number of nitrogens with zero attached hydrogens (tertiary/aromatic N) is 2. The second-order valence-electron chi connectivity index (χ2n) is 3.96. The third-order valence-corrected chi connectivity index (χ3v) is 4.92. The molecule has 1 unspecified atom stereocenters. The zero-order chi connectivity index (χ0) is 12.0. The minimum absolute atomic E-state index is 0. The van der Waals surface area contributed by atoms with Crippen molar-refractivity contribution in [2.75, 3.05) is 16.9 Å². The van der Waals surface area contributed by atoms with Gasteiger partial charge in [0.1, 0.15) is 16.9 Å². The quantitative estimate of drug-likeness (QED) is 0.265. The highest BCUT2D eigenvalue weighted by Gasteiger charge is 2.34. The number of nitrogens with two attached hydrogens (primary N) is 1. The molecule has 7 heteroatoms. The standard InChI is InChI=1S/C11H11BrN3OS.BrH/c12-5-7-6-17-11-14(7)9-4-2-1-3-8(9)10(16)15(11)13;/h1-4,7H,5-6,13H2;1H/q+1;/p-1. The van der Waals surface area contributed by atoms with Gasteiger partial charge in [0.05, 0.1) is 0 Å². The van der Waals surface area contributed by atoms with Crippen LogP contribution in [-0.4, -0.2) is 15.8 Å². The van der Waals surface area contributed by atoms with Crippen molar-refractivity contribution >= 4 is 38.6 Å². The minimum atomic E-state index is -0.130. The molecule has 1 aliphatic heterocycles. The summed E-state index contributed by atoms with van der Waals surface area (Å²) >= 11 is 5.14. The van der Waals surface area contributed by atoms with Crippen LogP contribution in [0.15, 0.2) is 34.2 Å². The zero-order valence-corrected chi connectivity index (χ0v) is 13.3. The number of benzene rings is 1. The Morgan fingerprint density at radius 1 is 1.50 bits per heavy atom. The van der Waals surface area contributed by atoms with Gasteiger partial charge in [-0.15, -0.1) is 0 Å². The van der Waals surface area contributed by atoms with Crippen LogP contribution in [0.2, 0.25) is 0 Å². The third kappa shape index (κ3) is 1.88. The molecule has 1 aromatic carbocycles. The van der Waals surface area contributed by atoms with E-state index < -0.39 is 0 Å². The Balaban J connectivity index is 0.00000120. The SMILES string of the molecule is Nn1c2[n+](c3ccccc3c1=O)C(CBr)CS2.[Br-]. The summed E-state index contributed by atoms with van der Waals surface area (Å²) in [4.78, 5) is 12.1. The molecule has 2 aromatic rings. The Labute approximate surface area is 127 Å². The fourth-order valence-corrected chi connectivity index (χ4v) is 4.19. The number of rotatable bonds is 1. The number of alkyl halides is 1. The third-order valence-electron chi connectivity index (χ3n) is 2.97. The molecule has 1 aromatic heterocycles. The summed E-state index contributed by atoms with van der Waals surface area (Å²) in [6, 6.07) is 7.95. The van der Waals surface area contributed by atoms with Crippen LogP contribution in [0.1, 0.15) is 6.04 Å². The van der Waals surface area contributed by atoms with Crippen LogP contribution in [0.4, 0.5) is 0 Å². The predicted molar refractivity (Wildman–Crippen MR) is 72.1 cm³/mol. The van der Waals surface area contributed by atoms with Crippen LogP contribution < -0.4 is 33.0 Å². The van der Waals surface area contributed by atoms with Gasteiger partial charge in [-0.2, -0.15) is 0 Å². The molecule has 0 amide bonds. The first kappa shape index (κ1) is 13.9. The smallest absolute Gasteiger partial charge is 0.368 e. The minimum Gasteiger partial charge on any atom is -1.00 e. The van der Waals surface area contributed by atoms with Crippen molar-refractivity contribution in [3.63, 3.8) is 0 Å². The highest BCUT2D eigenvalue weighted by atomic mass is 79.9. The van der Waals surface area contributed by atoms with Gasteiger partial charge in [-0.3, -0.25) is 5.84 Å². The van der Waals surface area contributed by atoms with Gasteiger partial charge >= 0.3 is 10.7 Å². The lowest BCUT2D eigenvalue weighted by molar-refractivity contribution is -0.724. The molecular weight excluding hydrogens is 382 g/mol. The average Bonchev–Trinajstić information content (AvgIpc) is 2.80. The first-order valence-electron chi connectivity index (χ1n) is 5.27. The van der Waals surface area contributed by atoms with E-state index in [1.165, 1.54) is 4.68 Å². The van der Waals surface area contributed by atoms with Crippen molar-refractivity contribution in [3.8, 4) is 0 Å². The van der Waals surface area contributed by atoms with Gasteiger partial charge in [-0.05, 0) is 23.9 Å².